The van der Waals surface area contributed by atoms with Gasteiger partial charge in [0.15, 0.2) is 0 Å². The number of pyridine rings is 1. The molecule has 2 heterocycles. The summed E-state index contributed by atoms with van der Waals surface area (Å²) in [6.45, 7) is 2.99. The predicted octanol–water partition coefficient (Wildman–Crippen LogP) is 1.78. The zero-order valence-electron chi connectivity index (χ0n) is 11.7. The molecule has 0 saturated carbocycles. The quantitative estimate of drug-likeness (QED) is 0.888. The van der Waals surface area contributed by atoms with E-state index in [2.05, 4.69) is 22.2 Å². The number of halogens is 1. The number of piperidine rings is 1. The lowest BCUT2D eigenvalue weighted by atomic mass is 9.94. The largest absolute Gasteiger partial charge is 0.382 e. The van der Waals surface area contributed by atoms with Gasteiger partial charge in [0.25, 0.3) is 5.91 Å². The lowest BCUT2D eigenvalue weighted by Gasteiger charge is -2.28. The van der Waals surface area contributed by atoms with Crippen LogP contribution in [0.1, 0.15) is 29.6 Å². The van der Waals surface area contributed by atoms with Crippen LogP contribution in [0.15, 0.2) is 12.3 Å². The van der Waals surface area contributed by atoms with Crippen molar-refractivity contribution in [3.05, 3.63) is 22.8 Å². The molecule has 1 aliphatic heterocycles. The molecule has 1 aromatic rings. The Bertz CT molecular complexity index is 472. The van der Waals surface area contributed by atoms with Gasteiger partial charge < -0.3 is 16.0 Å². The fraction of sp³-hybridized carbons (Fsp3) is 0.571. The molecule has 0 bridgehead atoms. The fourth-order valence-corrected chi connectivity index (χ4v) is 2.58. The smallest absolute Gasteiger partial charge is 0.252 e. The zero-order chi connectivity index (χ0) is 14.5. The van der Waals surface area contributed by atoms with E-state index in [0.29, 0.717) is 23.0 Å². The molecule has 1 saturated heterocycles. The van der Waals surface area contributed by atoms with Crippen LogP contribution in [0.4, 0.5) is 5.82 Å². The van der Waals surface area contributed by atoms with E-state index in [1.807, 2.05) is 0 Å². The summed E-state index contributed by atoms with van der Waals surface area (Å²) in [5, 5.41) is 3.23. The Kier molecular flexibility index (Phi) is 5.20. The monoisotopic (exact) mass is 296 g/mol. The first kappa shape index (κ1) is 15.1. The molecule has 0 unspecified atom stereocenters. The van der Waals surface area contributed by atoms with Gasteiger partial charge in [-0.05, 0) is 51.4 Å². The van der Waals surface area contributed by atoms with E-state index in [4.69, 9.17) is 17.3 Å². The maximum atomic E-state index is 11.9. The van der Waals surface area contributed by atoms with Crippen LogP contribution in [0.5, 0.6) is 0 Å². The van der Waals surface area contributed by atoms with Crippen molar-refractivity contribution in [2.75, 3.05) is 32.4 Å². The number of aromatic nitrogens is 1. The molecule has 1 aromatic heterocycles. The third-order valence-electron chi connectivity index (χ3n) is 3.81. The van der Waals surface area contributed by atoms with E-state index in [-0.39, 0.29) is 11.7 Å². The minimum Gasteiger partial charge on any atom is -0.382 e. The van der Waals surface area contributed by atoms with Gasteiger partial charge in [-0.1, -0.05) is 11.6 Å². The molecule has 0 aromatic carbocycles. The SMILES string of the molecule is CN1CCC(CCNC(=O)c2cnc(N)c(Cl)c2)CC1. The Morgan fingerprint density at radius 3 is 2.90 bits per heavy atom. The molecule has 1 aliphatic rings. The van der Waals surface area contributed by atoms with Gasteiger partial charge in [0.2, 0.25) is 0 Å². The second-order valence-corrected chi connectivity index (χ2v) is 5.79. The van der Waals surface area contributed by atoms with Crippen molar-refractivity contribution in [3.63, 3.8) is 0 Å². The Hall–Kier alpha value is -1.33. The first-order valence-electron chi connectivity index (χ1n) is 6.94. The number of hydrogen-bond acceptors (Lipinski definition) is 4. The van der Waals surface area contributed by atoms with Gasteiger partial charge in [-0.15, -0.1) is 0 Å². The second kappa shape index (κ2) is 6.90. The molecule has 0 aliphatic carbocycles. The van der Waals surface area contributed by atoms with Crippen LogP contribution >= 0.6 is 11.6 Å². The highest BCUT2D eigenvalue weighted by molar-refractivity contribution is 6.33. The molecule has 6 heteroatoms. The number of nitrogen functional groups attached to an aromatic ring is 1. The molecule has 2 rings (SSSR count). The Balaban J connectivity index is 1.76. The van der Waals surface area contributed by atoms with Gasteiger partial charge in [0.05, 0.1) is 10.6 Å². The number of amides is 1. The van der Waals surface area contributed by atoms with Crippen LogP contribution in [0.25, 0.3) is 0 Å². The molecule has 0 atom stereocenters. The summed E-state index contributed by atoms with van der Waals surface area (Å²) in [5.41, 5.74) is 5.97. The highest BCUT2D eigenvalue weighted by Crippen LogP contribution is 2.19. The van der Waals surface area contributed by atoms with Gasteiger partial charge >= 0.3 is 0 Å². The lowest BCUT2D eigenvalue weighted by molar-refractivity contribution is 0.0948. The number of nitrogens with one attached hydrogen (secondary N) is 1. The number of carbonyl (C=O) groups excluding carboxylic acids is 1. The van der Waals surface area contributed by atoms with Gasteiger partial charge in [0, 0.05) is 12.7 Å². The maximum Gasteiger partial charge on any atom is 0.252 e. The molecule has 0 spiro atoms. The number of carbonyl (C=O) groups is 1. The highest BCUT2D eigenvalue weighted by atomic mass is 35.5. The minimum atomic E-state index is -0.146. The normalized spacial score (nSPS) is 17.1. The van der Waals surface area contributed by atoms with Gasteiger partial charge in [-0.3, -0.25) is 4.79 Å². The van der Waals surface area contributed by atoms with Crippen molar-refractivity contribution < 1.29 is 4.79 Å². The first-order valence-corrected chi connectivity index (χ1v) is 7.32. The molecule has 1 fully saturated rings. The molecule has 110 valence electrons. The predicted molar refractivity (Wildman–Crippen MR) is 80.8 cm³/mol. The summed E-state index contributed by atoms with van der Waals surface area (Å²) in [5.74, 6) is 0.807. The van der Waals surface area contributed by atoms with Crippen LogP contribution in [0.2, 0.25) is 5.02 Å². The number of nitrogens with zero attached hydrogens (tertiary/aromatic N) is 2. The van der Waals surface area contributed by atoms with E-state index in [0.717, 1.165) is 19.5 Å². The number of hydrogen-bond donors (Lipinski definition) is 2. The summed E-state index contributed by atoms with van der Waals surface area (Å²) in [7, 11) is 2.15. The van der Waals surface area contributed by atoms with Crippen LogP contribution in [-0.4, -0.2) is 42.5 Å². The molecule has 20 heavy (non-hydrogen) atoms. The van der Waals surface area contributed by atoms with E-state index >= 15 is 0 Å². The standard InChI is InChI=1S/C14H21ClN4O/c1-19-6-3-10(4-7-19)2-5-17-14(20)11-8-12(15)13(16)18-9-11/h8-10H,2-7H2,1H3,(H2,16,18)(H,17,20). The van der Waals surface area contributed by atoms with Gasteiger partial charge in [-0.2, -0.15) is 0 Å². The molecular formula is C14H21ClN4O. The number of anilines is 1. The maximum absolute atomic E-state index is 11.9. The highest BCUT2D eigenvalue weighted by Gasteiger charge is 2.16. The summed E-state index contributed by atoms with van der Waals surface area (Å²) in [6.07, 6.45) is 4.89. The van der Waals surface area contributed by atoms with Crippen molar-refractivity contribution in [1.29, 1.82) is 0 Å². The van der Waals surface area contributed by atoms with Crippen LogP contribution in [0.3, 0.4) is 0 Å². The summed E-state index contributed by atoms with van der Waals surface area (Å²) >= 11 is 5.86. The lowest BCUT2D eigenvalue weighted by Crippen LogP contribution is -2.32. The van der Waals surface area contributed by atoms with Crippen LogP contribution in [0, 0.1) is 5.92 Å². The van der Waals surface area contributed by atoms with E-state index in [9.17, 15) is 4.79 Å². The second-order valence-electron chi connectivity index (χ2n) is 5.38. The Morgan fingerprint density at radius 2 is 2.25 bits per heavy atom. The van der Waals surface area contributed by atoms with Crippen LogP contribution in [-0.2, 0) is 0 Å². The van der Waals surface area contributed by atoms with E-state index in [1.54, 1.807) is 6.07 Å². The van der Waals surface area contributed by atoms with Crippen LogP contribution < -0.4 is 11.1 Å². The average Bonchev–Trinajstić information content (AvgIpc) is 2.44. The third kappa shape index (κ3) is 4.08. The Morgan fingerprint density at radius 1 is 1.55 bits per heavy atom. The molecule has 5 nitrogen and oxygen atoms in total. The van der Waals surface area contributed by atoms with Gasteiger partial charge in [-0.25, -0.2) is 4.98 Å². The summed E-state index contributed by atoms with van der Waals surface area (Å²) in [6, 6.07) is 1.55. The number of nitrogens with two attached hydrogens (primary N) is 1. The molecule has 0 radical (unpaired) electrons. The fourth-order valence-electron chi connectivity index (χ4n) is 2.42. The number of rotatable bonds is 4. The first-order chi connectivity index (χ1) is 9.56. The van der Waals surface area contributed by atoms with Crippen molar-refractivity contribution in [2.24, 2.45) is 5.92 Å². The number of likely N-dealkylation sites (tertiary alicyclic amines) is 1. The summed E-state index contributed by atoms with van der Waals surface area (Å²) in [4.78, 5) is 18.2. The third-order valence-corrected chi connectivity index (χ3v) is 4.11. The zero-order valence-corrected chi connectivity index (χ0v) is 12.5. The molecule has 1 amide bonds. The average molecular weight is 297 g/mol. The van der Waals surface area contributed by atoms with Crippen molar-refractivity contribution in [1.82, 2.24) is 15.2 Å². The molecule has 3 N–H and O–H groups in total. The van der Waals surface area contributed by atoms with Gasteiger partial charge in [0.1, 0.15) is 5.82 Å². The Labute approximate surface area is 124 Å². The topological polar surface area (TPSA) is 71.2 Å². The van der Waals surface area contributed by atoms with E-state index in [1.165, 1.54) is 19.0 Å². The van der Waals surface area contributed by atoms with Crippen molar-refractivity contribution >= 4 is 23.3 Å². The van der Waals surface area contributed by atoms with Crippen molar-refractivity contribution in [3.8, 4) is 0 Å². The summed E-state index contributed by atoms with van der Waals surface area (Å²) < 4.78 is 0. The van der Waals surface area contributed by atoms with E-state index < -0.39 is 0 Å². The van der Waals surface area contributed by atoms with Crippen molar-refractivity contribution in [2.45, 2.75) is 19.3 Å². The minimum absolute atomic E-state index is 0.146. The molecular weight excluding hydrogens is 276 g/mol.